The Kier molecular flexibility index (Phi) is 6.49. The smallest absolute Gasteiger partial charge is 0.356 e. The number of imidazole rings is 1. The summed E-state index contributed by atoms with van der Waals surface area (Å²) < 4.78 is 4.80. The van der Waals surface area contributed by atoms with Gasteiger partial charge in [0.2, 0.25) is 0 Å². The number of aromatic nitrogens is 3. The Bertz CT molecular complexity index is 1360. The van der Waals surface area contributed by atoms with Gasteiger partial charge in [-0.1, -0.05) is 57.2 Å². The average molecular weight is 484 g/mol. The number of rotatable bonds is 5. The van der Waals surface area contributed by atoms with Crippen LogP contribution in [0, 0.1) is 0 Å². The zero-order valence-electron chi connectivity index (χ0n) is 21.4. The van der Waals surface area contributed by atoms with Gasteiger partial charge < -0.3 is 14.6 Å². The minimum atomic E-state index is -0.404. The summed E-state index contributed by atoms with van der Waals surface area (Å²) in [6.07, 6.45) is 0. The molecule has 7 heteroatoms. The lowest BCUT2D eigenvalue weighted by atomic mass is 9.87. The predicted molar refractivity (Wildman–Crippen MR) is 143 cm³/mol. The maximum absolute atomic E-state index is 11.8. The molecular formula is C29H33N5O2. The number of esters is 1. The van der Waals surface area contributed by atoms with E-state index in [1.165, 1.54) is 12.7 Å². The summed E-state index contributed by atoms with van der Waals surface area (Å²) in [4.78, 5) is 29.6. The van der Waals surface area contributed by atoms with E-state index < -0.39 is 5.97 Å². The van der Waals surface area contributed by atoms with Crippen molar-refractivity contribution in [2.24, 2.45) is 0 Å². The number of carbonyl (C=O) groups is 1. The molecule has 0 bridgehead atoms. The van der Waals surface area contributed by atoms with E-state index in [4.69, 9.17) is 9.72 Å². The first-order valence-corrected chi connectivity index (χ1v) is 12.4. The number of benzene rings is 2. The van der Waals surface area contributed by atoms with Crippen LogP contribution >= 0.6 is 0 Å². The highest BCUT2D eigenvalue weighted by molar-refractivity contribution is 5.91. The second-order valence-electron chi connectivity index (χ2n) is 10.4. The van der Waals surface area contributed by atoms with Crippen LogP contribution in [0.2, 0.25) is 0 Å². The number of carbonyl (C=O) groups excluding carboxylic acids is 1. The Morgan fingerprint density at radius 2 is 1.67 bits per heavy atom. The van der Waals surface area contributed by atoms with Crippen molar-refractivity contribution in [1.29, 1.82) is 0 Å². The number of aromatic amines is 1. The highest BCUT2D eigenvalue weighted by Crippen LogP contribution is 2.30. The van der Waals surface area contributed by atoms with Crippen LogP contribution in [0.15, 0.2) is 60.7 Å². The Balaban J connectivity index is 1.29. The fourth-order valence-electron chi connectivity index (χ4n) is 4.70. The van der Waals surface area contributed by atoms with Crippen LogP contribution in [0.3, 0.4) is 0 Å². The van der Waals surface area contributed by atoms with Crippen molar-refractivity contribution in [2.75, 3.05) is 38.2 Å². The lowest BCUT2D eigenvalue weighted by Gasteiger charge is -2.36. The molecule has 5 rings (SSSR count). The van der Waals surface area contributed by atoms with Crippen molar-refractivity contribution >= 4 is 22.7 Å². The zero-order chi connectivity index (χ0) is 25.3. The van der Waals surface area contributed by atoms with E-state index in [1.807, 2.05) is 12.1 Å². The molecule has 1 fully saturated rings. The van der Waals surface area contributed by atoms with E-state index >= 15 is 0 Å². The summed E-state index contributed by atoms with van der Waals surface area (Å²) in [6.45, 7) is 11.0. The zero-order valence-corrected chi connectivity index (χ0v) is 21.4. The molecule has 1 aliphatic heterocycles. The van der Waals surface area contributed by atoms with Gasteiger partial charge in [-0.2, -0.15) is 0 Å². The van der Waals surface area contributed by atoms with Gasteiger partial charge in [-0.3, -0.25) is 4.90 Å². The van der Waals surface area contributed by atoms with Gasteiger partial charge >= 0.3 is 5.97 Å². The molecule has 2 aromatic carbocycles. The predicted octanol–water partition coefficient (Wildman–Crippen LogP) is 5.03. The van der Waals surface area contributed by atoms with Gasteiger partial charge in [-0.05, 0) is 35.2 Å². The maximum atomic E-state index is 11.8. The number of para-hydroxylation sites is 1. The van der Waals surface area contributed by atoms with Gasteiger partial charge in [0.05, 0.1) is 24.0 Å². The number of pyridine rings is 1. The van der Waals surface area contributed by atoms with E-state index in [2.05, 4.69) is 83.0 Å². The van der Waals surface area contributed by atoms with Crippen LogP contribution in [-0.2, 0) is 16.7 Å². The summed E-state index contributed by atoms with van der Waals surface area (Å²) in [5.74, 6) is 0.492. The number of hydrogen-bond acceptors (Lipinski definition) is 6. The standard InChI is InChI=1S/C29H33N5O2/c1-29(2,3)21-13-11-20(12-14-21)27-31-23-8-6-10-25(26(23)32-27)34-17-15-33(16-18-34)19-22-7-5-9-24(30-22)28(35)36-4/h5-14H,15-19H2,1-4H3,(H,31,32). The monoisotopic (exact) mass is 483 g/mol. The number of nitrogens with zero attached hydrogens (tertiary/aromatic N) is 4. The van der Waals surface area contributed by atoms with Crippen molar-refractivity contribution in [3.8, 4) is 11.4 Å². The molecule has 36 heavy (non-hydrogen) atoms. The molecule has 0 atom stereocenters. The Hall–Kier alpha value is -3.71. The molecule has 7 nitrogen and oxygen atoms in total. The molecule has 0 spiro atoms. The van der Waals surface area contributed by atoms with Gasteiger partial charge in [0.25, 0.3) is 0 Å². The molecule has 0 amide bonds. The number of nitrogens with one attached hydrogen (secondary N) is 1. The molecule has 186 valence electrons. The minimum absolute atomic E-state index is 0.127. The highest BCUT2D eigenvalue weighted by atomic mass is 16.5. The van der Waals surface area contributed by atoms with Gasteiger partial charge in [0.15, 0.2) is 0 Å². The van der Waals surface area contributed by atoms with E-state index in [9.17, 15) is 4.79 Å². The normalized spacial score (nSPS) is 14.8. The fraction of sp³-hybridized carbons (Fsp3) is 0.345. The van der Waals surface area contributed by atoms with Crippen LogP contribution in [-0.4, -0.2) is 59.1 Å². The van der Waals surface area contributed by atoms with Crippen LogP contribution < -0.4 is 4.90 Å². The van der Waals surface area contributed by atoms with E-state index in [1.54, 1.807) is 6.07 Å². The van der Waals surface area contributed by atoms with Crippen molar-refractivity contribution in [2.45, 2.75) is 32.7 Å². The first-order valence-electron chi connectivity index (χ1n) is 12.4. The van der Waals surface area contributed by atoms with Crippen LogP contribution in [0.1, 0.15) is 42.5 Å². The molecule has 0 radical (unpaired) electrons. The van der Waals surface area contributed by atoms with Crippen LogP contribution in [0.25, 0.3) is 22.4 Å². The fourth-order valence-corrected chi connectivity index (χ4v) is 4.70. The van der Waals surface area contributed by atoms with Crippen molar-refractivity contribution in [3.05, 3.63) is 77.6 Å². The molecule has 0 unspecified atom stereocenters. The second kappa shape index (κ2) is 9.74. The molecule has 4 aromatic rings. The molecule has 1 saturated heterocycles. The Morgan fingerprint density at radius 1 is 0.944 bits per heavy atom. The largest absolute Gasteiger partial charge is 0.464 e. The molecule has 0 saturated carbocycles. The number of methoxy groups -OCH3 is 1. The van der Waals surface area contributed by atoms with Gasteiger partial charge in [0, 0.05) is 38.3 Å². The second-order valence-corrected chi connectivity index (χ2v) is 10.4. The number of ether oxygens (including phenoxy) is 1. The average Bonchev–Trinajstić information content (AvgIpc) is 3.33. The number of H-pyrrole nitrogens is 1. The summed E-state index contributed by atoms with van der Waals surface area (Å²) >= 11 is 0. The van der Waals surface area contributed by atoms with Gasteiger partial charge in [-0.15, -0.1) is 0 Å². The number of piperazine rings is 1. The molecule has 3 heterocycles. The first-order chi connectivity index (χ1) is 17.3. The Morgan fingerprint density at radius 3 is 2.36 bits per heavy atom. The molecular weight excluding hydrogens is 450 g/mol. The van der Waals surface area contributed by atoms with Gasteiger partial charge in [0.1, 0.15) is 17.0 Å². The summed E-state index contributed by atoms with van der Waals surface area (Å²) in [6, 6.07) is 20.5. The molecule has 2 aromatic heterocycles. The molecule has 1 aliphatic rings. The van der Waals surface area contributed by atoms with E-state index in [0.717, 1.165) is 60.0 Å². The topological polar surface area (TPSA) is 74.3 Å². The van der Waals surface area contributed by atoms with Crippen molar-refractivity contribution in [1.82, 2.24) is 19.9 Å². The molecule has 1 N–H and O–H groups in total. The van der Waals surface area contributed by atoms with Gasteiger partial charge in [-0.25, -0.2) is 14.8 Å². The molecule has 0 aliphatic carbocycles. The van der Waals surface area contributed by atoms with E-state index in [-0.39, 0.29) is 5.41 Å². The maximum Gasteiger partial charge on any atom is 0.356 e. The summed E-state index contributed by atoms with van der Waals surface area (Å²) in [5.41, 5.74) is 6.98. The quantitative estimate of drug-likeness (QED) is 0.401. The summed E-state index contributed by atoms with van der Waals surface area (Å²) in [5, 5.41) is 0. The highest BCUT2D eigenvalue weighted by Gasteiger charge is 2.21. The third kappa shape index (κ3) is 4.97. The third-order valence-corrected chi connectivity index (χ3v) is 6.82. The lowest BCUT2D eigenvalue weighted by molar-refractivity contribution is 0.0593. The van der Waals surface area contributed by atoms with Crippen molar-refractivity contribution < 1.29 is 9.53 Å². The first kappa shape index (κ1) is 24.0. The minimum Gasteiger partial charge on any atom is -0.464 e. The number of fused-ring (bicyclic) bond motifs is 1. The number of anilines is 1. The summed E-state index contributed by atoms with van der Waals surface area (Å²) in [7, 11) is 1.38. The third-order valence-electron chi connectivity index (χ3n) is 6.82. The Labute approximate surface area is 212 Å². The van der Waals surface area contributed by atoms with Crippen molar-refractivity contribution in [3.63, 3.8) is 0 Å². The number of hydrogen-bond donors (Lipinski definition) is 1. The van der Waals surface area contributed by atoms with Crippen LogP contribution in [0.4, 0.5) is 5.69 Å². The SMILES string of the molecule is COC(=O)c1cccc(CN2CCN(c3cccc4[nH]c(-c5ccc(C(C)(C)C)cc5)nc34)CC2)n1. The van der Waals surface area contributed by atoms with E-state index in [0.29, 0.717) is 12.2 Å². The van der Waals surface area contributed by atoms with Crippen LogP contribution in [0.5, 0.6) is 0 Å². The lowest BCUT2D eigenvalue weighted by Crippen LogP contribution is -2.46.